The van der Waals surface area contributed by atoms with Crippen LogP contribution in [-0.4, -0.2) is 24.6 Å². The third-order valence-electron chi connectivity index (χ3n) is 2.72. The van der Waals surface area contributed by atoms with Crippen LogP contribution in [0.5, 0.6) is 5.75 Å². The maximum Gasteiger partial charge on any atom is 0.403 e. The zero-order valence-corrected chi connectivity index (χ0v) is 10.5. The standard InChI is InChI=1S/C12H12F6O2/c1-6-3-4-8(20-2)7(5-6)9(19)10(11(13,14)15)12(16,17)18/h3-5,9-10,19H,1-2H3. The Morgan fingerprint density at radius 3 is 1.95 bits per heavy atom. The van der Waals surface area contributed by atoms with Crippen LogP contribution in [0.15, 0.2) is 18.2 Å². The molecule has 1 aromatic carbocycles. The molecule has 0 amide bonds. The molecule has 0 aliphatic rings. The van der Waals surface area contributed by atoms with Gasteiger partial charge in [0.2, 0.25) is 0 Å². The molecule has 20 heavy (non-hydrogen) atoms. The van der Waals surface area contributed by atoms with Gasteiger partial charge in [0.15, 0.2) is 5.92 Å². The number of aliphatic hydroxyl groups excluding tert-OH is 1. The molecule has 0 heterocycles. The summed E-state index contributed by atoms with van der Waals surface area (Å²) in [7, 11) is 1.09. The molecule has 0 aliphatic carbocycles. The van der Waals surface area contributed by atoms with Crippen molar-refractivity contribution in [3.63, 3.8) is 0 Å². The lowest BCUT2D eigenvalue weighted by atomic mass is 9.93. The average molecular weight is 302 g/mol. The molecule has 114 valence electrons. The number of halogens is 6. The largest absolute Gasteiger partial charge is 0.496 e. The number of aliphatic hydroxyl groups is 1. The summed E-state index contributed by atoms with van der Waals surface area (Å²) in [5.41, 5.74) is -0.143. The fourth-order valence-corrected chi connectivity index (χ4v) is 1.81. The van der Waals surface area contributed by atoms with Crippen LogP contribution in [0.1, 0.15) is 17.2 Å². The fourth-order valence-electron chi connectivity index (χ4n) is 1.81. The van der Waals surface area contributed by atoms with Gasteiger partial charge in [-0.25, -0.2) is 0 Å². The Balaban J connectivity index is 3.33. The molecular weight excluding hydrogens is 290 g/mol. The molecule has 1 aromatic rings. The summed E-state index contributed by atoms with van der Waals surface area (Å²) in [4.78, 5) is 0. The molecule has 0 saturated heterocycles. The molecule has 0 radical (unpaired) electrons. The minimum absolute atomic E-state index is 0.235. The molecule has 0 saturated carbocycles. The lowest BCUT2D eigenvalue weighted by Crippen LogP contribution is -2.41. The van der Waals surface area contributed by atoms with E-state index in [1.54, 1.807) is 0 Å². The van der Waals surface area contributed by atoms with E-state index in [1.807, 2.05) is 0 Å². The molecule has 1 unspecified atom stereocenters. The highest BCUT2D eigenvalue weighted by atomic mass is 19.4. The topological polar surface area (TPSA) is 29.5 Å². The number of hydrogen-bond donors (Lipinski definition) is 1. The van der Waals surface area contributed by atoms with Crippen molar-refractivity contribution < 1.29 is 36.2 Å². The molecule has 0 bridgehead atoms. The molecule has 2 nitrogen and oxygen atoms in total. The van der Waals surface area contributed by atoms with Gasteiger partial charge in [0.1, 0.15) is 11.9 Å². The van der Waals surface area contributed by atoms with E-state index in [9.17, 15) is 31.4 Å². The summed E-state index contributed by atoms with van der Waals surface area (Å²) in [5.74, 6) is -4.10. The Labute approximate surface area is 111 Å². The highest BCUT2D eigenvalue weighted by molar-refractivity contribution is 5.39. The van der Waals surface area contributed by atoms with Gasteiger partial charge in [-0.05, 0) is 19.1 Å². The third-order valence-corrected chi connectivity index (χ3v) is 2.72. The van der Waals surface area contributed by atoms with E-state index in [2.05, 4.69) is 0 Å². The van der Waals surface area contributed by atoms with Crippen molar-refractivity contribution in [3.05, 3.63) is 29.3 Å². The first kappa shape index (κ1) is 16.6. The minimum Gasteiger partial charge on any atom is -0.496 e. The number of ether oxygens (including phenoxy) is 1. The molecule has 0 aromatic heterocycles. The molecular formula is C12H12F6O2. The second-order valence-electron chi connectivity index (χ2n) is 4.25. The van der Waals surface area contributed by atoms with Crippen molar-refractivity contribution >= 4 is 0 Å². The monoisotopic (exact) mass is 302 g/mol. The second-order valence-corrected chi connectivity index (χ2v) is 4.25. The van der Waals surface area contributed by atoms with Crippen molar-refractivity contribution in [1.82, 2.24) is 0 Å². The summed E-state index contributed by atoms with van der Waals surface area (Å²) in [6.45, 7) is 1.48. The zero-order valence-electron chi connectivity index (χ0n) is 10.5. The summed E-state index contributed by atoms with van der Waals surface area (Å²) >= 11 is 0. The Kier molecular flexibility index (Phi) is 4.58. The highest BCUT2D eigenvalue weighted by Crippen LogP contribution is 2.47. The summed E-state index contributed by atoms with van der Waals surface area (Å²) in [6.07, 6.45) is -14.0. The van der Waals surface area contributed by atoms with Gasteiger partial charge in [-0.1, -0.05) is 11.6 Å². The summed E-state index contributed by atoms with van der Waals surface area (Å²) in [5, 5.41) is 9.57. The zero-order chi connectivity index (χ0) is 15.7. The number of rotatable bonds is 3. The van der Waals surface area contributed by atoms with Gasteiger partial charge in [-0.3, -0.25) is 0 Å². The van der Waals surface area contributed by atoms with Crippen LogP contribution >= 0.6 is 0 Å². The van der Waals surface area contributed by atoms with Crippen molar-refractivity contribution in [2.24, 2.45) is 5.92 Å². The number of aryl methyl sites for hydroxylation is 1. The molecule has 0 spiro atoms. The number of hydrogen-bond acceptors (Lipinski definition) is 2. The Bertz CT molecular complexity index is 452. The van der Waals surface area contributed by atoms with Crippen LogP contribution in [0.4, 0.5) is 26.3 Å². The van der Waals surface area contributed by atoms with E-state index < -0.39 is 29.9 Å². The molecule has 1 N–H and O–H groups in total. The Morgan fingerprint density at radius 1 is 1.05 bits per heavy atom. The maximum absolute atomic E-state index is 12.6. The molecule has 1 atom stereocenters. The third kappa shape index (κ3) is 3.56. The van der Waals surface area contributed by atoms with E-state index in [-0.39, 0.29) is 5.75 Å². The minimum atomic E-state index is -5.62. The first-order valence-electron chi connectivity index (χ1n) is 5.44. The van der Waals surface area contributed by atoms with E-state index >= 15 is 0 Å². The average Bonchev–Trinajstić information content (AvgIpc) is 2.24. The maximum atomic E-state index is 12.6. The van der Waals surface area contributed by atoms with Crippen LogP contribution in [0.2, 0.25) is 0 Å². The lowest BCUT2D eigenvalue weighted by molar-refractivity contribution is -0.307. The van der Waals surface area contributed by atoms with Crippen molar-refractivity contribution in [1.29, 1.82) is 0 Å². The number of methoxy groups -OCH3 is 1. The normalized spacial score (nSPS) is 14.5. The van der Waals surface area contributed by atoms with Gasteiger partial charge in [-0.15, -0.1) is 0 Å². The van der Waals surface area contributed by atoms with Gasteiger partial charge < -0.3 is 9.84 Å². The van der Waals surface area contributed by atoms with E-state index in [4.69, 9.17) is 4.74 Å². The van der Waals surface area contributed by atoms with Crippen molar-refractivity contribution in [2.75, 3.05) is 7.11 Å². The molecule has 0 fully saturated rings. The second kappa shape index (κ2) is 5.51. The van der Waals surface area contributed by atoms with Crippen LogP contribution in [-0.2, 0) is 0 Å². The van der Waals surface area contributed by atoms with Crippen LogP contribution in [0.3, 0.4) is 0 Å². The fraction of sp³-hybridized carbons (Fsp3) is 0.500. The lowest BCUT2D eigenvalue weighted by Gasteiger charge is -2.28. The van der Waals surface area contributed by atoms with Gasteiger partial charge in [0.05, 0.1) is 7.11 Å². The van der Waals surface area contributed by atoms with E-state index in [1.165, 1.54) is 19.1 Å². The quantitative estimate of drug-likeness (QED) is 0.861. The predicted molar refractivity (Wildman–Crippen MR) is 58.3 cm³/mol. The van der Waals surface area contributed by atoms with Gasteiger partial charge in [0.25, 0.3) is 0 Å². The molecule has 8 heteroatoms. The number of benzene rings is 1. The SMILES string of the molecule is COc1ccc(C)cc1C(O)C(C(F)(F)F)C(F)(F)F. The smallest absolute Gasteiger partial charge is 0.403 e. The van der Waals surface area contributed by atoms with Crippen LogP contribution in [0, 0.1) is 12.8 Å². The van der Waals surface area contributed by atoms with Crippen LogP contribution in [0.25, 0.3) is 0 Å². The van der Waals surface area contributed by atoms with E-state index in [0.29, 0.717) is 5.56 Å². The predicted octanol–water partition coefficient (Wildman–Crippen LogP) is 3.78. The first-order valence-corrected chi connectivity index (χ1v) is 5.44. The van der Waals surface area contributed by atoms with Gasteiger partial charge in [0, 0.05) is 5.56 Å². The Morgan fingerprint density at radius 2 is 1.55 bits per heavy atom. The van der Waals surface area contributed by atoms with E-state index in [0.717, 1.165) is 13.2 Å². The van der Waals surface area contributed by atoms with Crippen LogP contribution < -0.4 is 4.74 Å². The highest BCUT2D eigenvalue weighted by Gasteiger charge is 2.60. The molecule has 0 aliphatic heterocycles. The number of alkyl halides is 6. The first-order chi connectivity index (χ1) is 8.98. The van der Waals surface area contributed by atoms with Crippen molar-refractivity contribution in [3.8, 4) is 5.75 Å². The summed E-state index contributed by atoms with van der Waals surface area (Å²) in [6, 6.07) is 3.69. The van der Waals surface area contributed by atoms with Crippen molar-refractivity contribution in [2.45, 2.75) is 25.4 Å². The van der Waals surface area contributed by atoms with Gasteiger partial charge >= 0.3 is 12.4 Å². The summed E-state index contributed by atoms with van der Waals surface area (Å²) < 4.78 is 80.1. The molecule has 1 rings (SSSR count). The van der Waals surface area contributed by atoms with Gasteiger partial charge in [-0.2, -0.15) is 26.3 Å². The Hall–Kier alpha value is -1.44.